The minimum absolute atomic E-state index is 0.279. The van der Waals surface area contributed by atoms with Crippen LogP contribution in [-0.4, -0.2) is 37.1 Å². The number of pyridine rings is 1. The Balaban J connectivity index is 1.61. The Hall–Kier alpha value is -3.67. The van der Waals surface area contributed by atoms with Gasteiger partial charge in [-0.1, -0.05) is 18.2 Å². The van der Waals surface area contributed by atoms with E-state index in [0.29, 0.717) is 5.90 Å². The molecule has 5 rings (SSSR count). The minimum atomic E-state index is -0.450. The normalized spacial score (nSPS) is 17.7. The van der Waals surface area contributed by atoms with Gasteiger partial charge in [0.05, 0.1) is 12.6 Å². The van der Waals surface area contributed by atoms with E-state index in [9.17, 15) is 4.79 Å². The summed E-state index contributed by atoms with van der Waals surface area (Å²) in [6.45, 7) is 1.90. The molecule has 31 heavy (non-hydrogen) atoms. The third kappa shape index (κ3) is 3.89. The molecule has 156 valence electrons. The lowest BCUT2D eigenvalue weighted by Gasteiger charge is -2.29. The smallest absolute Gasteiger partial charge is 0.363 e. The zero-order valence-electron chi connectivity index (χ0n) is 17.4. The molecule has 0 bridgehead atoms. The molecule has 0 amide bonds. The van der Waals surface area contributed by atoms with Gasteiger partial charge in [0, 0.05) is 29.6 Å². The molecule has 1 saturated heterocycles. The van der Waals surface area contributed by atoms with Gasteiger partial charge in [-0.25, -0.2) is 14.8 Å². The first kappa shape index (κ1) is 19.3. The number of aliphatic imine (C=N–C) groups is 1. The number of ether oxygens (including phenoxy) is 2. The van der Waals surface area contributed by atoms with E-state index in [2.05, 4.69) is 9.89 Å². The molecule has 1 aromatic heterocycles. The number of esters is 1. The summed E-state index contributed by atoms with van der Waals surface area (Å²) in [5.74, 6) is 1.52. The molecule has 0 spiro atoms. The van der Waals surface area contributed by atoms with E-state index in [-0.39, 0.29) is 5.70 Å². The Kier molecular flexibility index (Phi) is 5.12. The first-order chi connectivity index (χ1) is 15.2. The number of aromatic nitrogens is 1. The molecule has 0 radical (unpaired) electrons. The number of methoxy groups -OCH3 is 1. The molecule has 0 aliphatic carbocycles. The number of nitrogens with zero attached hydrogens (tertiary/aromatic N) is 3. The lowest BCUT2D eigenvalue weighted by molar-refractivity contribution is -0.129. The van der Waals surface area contributed by atoms with Crippen LogP contribution in [0, 0.1) is 0 Å². The number of piperidine rings is 1. The highest BCUT2D eigenvalue weighted by atomic mass is 16.6. The highest BCUT2D eigenvalue weighted by Gasteiger charge is 2.25. The number of carbonyl (C=O) groups is 1. The number of fused-ring (bicyclic) bond motifs is 1. The quantitative estimate of drug-likeness (QED) is 0.463. The summed E-state index contributed by atoms with van der Waals surface area (Å²) in [7, 11) is 1.65. The maximum absolute atomic E-state index is 12.6. The summed E-state index contributed by atoms with van der Waals surface area (Å²) in [5, 5.41) is 0.950. The van der Waals surface area contributed by atoms with Crippen LogP contribution in [0.3, 0.4) is 0 Å². The molecule has 0 N–H and O–H groups in total. The second kappa shape index (κ2) is 8.22. The monoisotopic (exact) mass is 413 g/mol. The van der Waals surface area contributed by atoms with Gasteiger partial charge in [-0.3, -0.25) is 0 Å². The number of hydrogen-bond acceptors (Lipinski definition) is 6. The standard InChI is InChI=1S/C25H23N3O3/c1-30-20-10-11-21-18(15-20)14-19(23(26-21)28-12-6-3-7-13-28)16-22-25(29)31-24(27-22)17-8-4-2-5-9-17/h2,4-5,8-11,14-16H,3,6-7,12-13H2,1H3/b22-16+. The van der Waals surface area contributed by atoms with E-state index in [0.717, 1.165) is 59.5 Å². The zero-order chi connectivity index (χ0) is 21.2. The fraction of sp³-hybridized carbons (Fsp3) is 0.240. The molecule has 0 atom stereocenters. The Morgan fingerprint density at radius 3 is 2.61 bits per heavy atom. The van der Waals surface area contributed by atoms with Crippen LogP contribution in [0.25, 0.3) is 17.0 Å². The second-order valence-electron chi connectivity index (χ2n) is 7.71. The summed E-state index contributed by atoms with van der Waals surface area (Å²) in [6, 6.07) is 17.3. The van der Waals surface area contributed by atoms with E-state index < -0.39 is 5.97 Å². The molecule has 2 aromatic carbocycles. The Bertz CT molecular complexity index is 1200. The van der Waals surface area contributed by atoms with Crippen molar-refractivity contribution in [1.29, 1.82) is 0 Å². The van der Waals surface area contributed by atoms with Crippen molar-refractivity contribution in [2.24, 2.45) is 4.99 Å². The number of anilines is 1. The highest BCUT2D eigenvalue weighted by Crippen LogP contribution is 2.31. The molecule has 3 heterocycles. The van der Waals surface area contributed by atoms with Crippen LogP contribution in [-0.2, 0) is 9.53 Å². The maximum Gasteiger partial charge on any atom is 0.363 e. The first-order valence-corrected chi connectivity index (χ1v) is 10.5. The van der Waals surface area contributed by atoms with Crippen LogP contribution in [0.2, 0.25) is 0 Å². The Labute approximate surface area is 180 Å². The number of benzene rings is 2. The molecule has 2 aliphatic rings. The van der Waals surface area contributed by atoms with Gasteiger partial charge in [0.15, 0.2) is 5.70 Å². The maximum atomic E-state index is 12.6. The summed E-state index contributed by atoms with van der Waals surface area (Å²) in [5.41, 5.74) is 2.80. The zero-order valence-corrected chi connectivity index (χ0v) is 17.4. The summed E-state index contributed by atoms with van der Waals surface area (Å²) in [4.78, 5) is 24.3. The summed E-state index contributed by atoms with van der Waals surface area (Å²) in [6.07, 6.45) is 5.29. The van der Waals surface area contributed by atoms with Crippen molar-refractivity contribution in [3.63, 3.8) is 0 Å². The van der Waals surface area contributed by atoms with Crippen LogP contribution >= 0.6 is 0 Å². The fourth-order valence-electron chi connectivity index (χ4n) is 4.01. The van der Waals surface area contributed by atoms with Gasteiger partial charge in [0.25, 0.3) is 0 Å². The fourth-order valence-corrected chi connectivity index (χ4v) is 4.01. The average molecular weight is 413 g/mol. The molecular weight excluding hydrogens is 390 g/mol. The molecule has 2 aliphatic heterocycles. The van der Waals surface area contributed by atoms with Gasteiger partial charge in [-0.15, -0.1) is 0 Å². The van der Waals surface area contributed by atoms with Crippen molar-refractivity contribution in [3.05, 3.63) is 71.4 Å². The molecule has 3 aromatic rings. The molecule has 1 fully saturated rings. The van der Waals surface area contributed by atoms with Crippen molar-refractivity contribution in [2.45, 2.75) is 19.3 Å². The Morgan fingerprint density at radius 2 is 1.84 bits per heavy atom. The predicted octanol–water partition coefficient (Wildman–Crippen LogP) is 4.58. The molecule has 6 nitrogen and oxygen atoms in total. The summed E-state index contributed by atoms with van der Waals surface area (Å²) >= 11 is 0. The molecule has 0 saturated carbocycles. The third-order valence-electron chi connectivity index (χ3n) is 5.62. The topological polar surface area (TPSA) is 64.0 Å². The van der Waals surface area contributed by atoms with Crippen molar-refractivity contribution in [1.82, 2.24) is 4.98 Å². The van der Waals surface area contributed by atoms with Crippen LogP contribution in [0.5, 0.6) is 5.75 Å². The first-order valence-electron chi connectivity index (χ1n) is 10.5. The minimum Gasteiger partial charge on any atom is -0.497 e. The van der Waals surface area contributed by atoms with Gasteiger partial charge in [0.1, 0.15) is 11.6 Å². The largest absolute Gasteiger partial charge is 0.497 e. The summed E-state index contributed by atoms with van der Waals surface area (Å²) < 4.78 is 10.8. The van der Waals surface area contributed by atoms with E-state index in [1.807, 2.05) is 54.6 Å². The number of cyclic esters (lactones) is 1. The molecular formula is C25H23N3O3. The van der Waals surface area contributed by atoms with Crippen molar-refractivity contribution in [2.75, 3.05) is 25.1 Å². The van der Waals surface area contributed by atoms with Gasteiger partial charge in [-0.05, 0) is 61.7 Å². The number of carbonyl (C=O) groups excluding carboxylic acids is 1. The van der Waals surface area contributed by atoms with Crippen LogP contribution in [0.4, 0.5) is 5.82 Å². The van der Waals surface area contributed by atoms with Crippen molar-refractivity contribution >= 4 is 34.7 Å². The lowest BCUT2D eigenvalue weighted by Crippen LogP contribution is -2.30. The van der Waals surface area contributed by atoms with Crippen molar-refractivity contribution < 1.29 is 14.3 Å². The third-order valence-corrected chi connectivity index (χ3v) is 5.62. The van der Waals surface area contributed by atoms with Crippen molar-refractivity contribution in [3.8, 4) is 5.75 Å². The molecule has 6 heteroatoms. The number of hydrogen-bond donors (Lipinski definition) is 0. The predicted molar refractivity (Wildman–Crippen MR) is 121 cm³/mol. The van der Waals surface area contributed by atoms with Gasteiger partial charge < -0.3 is 14.4 Å². The van der Waals surface area contributed by atoms with Crippen LogP contribution in [0.15, 0.2) is 65.3 Å². The Morgan fingerprint density at radius 1 is 1.03 bits per heavy atom. The van der Waals surface area contributed by atoms with E-state index >= 15 is 0 Å². The van der Waals surface area contributed by atoms with Crippen LogP contribution in [0.1, 0.15) is 30.4 Å². The van der Waals surface area contributed by atoms with E-state index in [4.69, 9.17) is 14.5 Å². The molecule has 0 unspecified atom stereocenters. The lowest BCUT2D eigenvalue weighted by atomic mass is 10.1. The van der Waals surface area contributed by atoms with Crippen LogP contribution < -0.4 is 9.64 Å². The second-order valence-corrected chi connectivity index (χ2v) is 7.71. The number of rotatable bonds is 4. The van der Waals surface area contributed by atoms with Gasteiger partial charge >= 0.3 is 5.97 Å². The van der Waals surface area contributed by atoms with Gasteiger partial charge in [0.2, 0.25) is 5.90 Å². The SMILES string of the molecule is COc1ccc2nc(N3CCCCC3)c(/C=C3/N=C(c4ccccc4)OC3=O)cc2c1. The highest BCUT2D eigenvalue weighted by molar-refractivity contribution is 6.13. The average Bonchev–Trinajstić information content (AvgIpc) is 3.19. The van der Waals surface area contributed by atoms with E-state index in [1.54, 1.807) is 13.2 Å². The van der Waals surface area contributed by atoms with E-state index in [1.165, 1.54) is 6.42 Å². The van der Waals surface area contributed by atoms with Gasteiger partial charge in [-0.2, -0.15) is 0 Å².